The van der Waals surface area contributed by atoms with E-state index in [1.165, 1.54) is 0 Å². The van der Waals surface area contributed by atoms with Gasteiger partial charge in [-0.2, -0.15) is 5.10 Å². The number of hydrogen-bond acceptors (Lipinski definition) is 3. The van der Waals surface area contributed by atoms with E-state index in [9.17, 15) is 0 Å². The van der Waals surface area contributed by atoms with Crippen LogP contribution in [0.5, 0.6) is 0 Å². The Morgan fingerprint density at radius 2 is 2.14 bits per heavy atom. The van der Waals surface area contributed by atoms with Crippen LogP contribution in [0.15, 0.2) is 30.7 Å². The van der Waals surface area contributed by atoms with Crippen molar-refractivity contribution in [1.82, 2.24) is 19.7 Å². The van der Waals surface area contributed by atoms with Gasteiger partial charge in [0.1, 0.15) is 5.82 Å². The van der Waals surface area contributed by atoms with Crippen molar-refractivity contribution < 1.29 is 0 Å². The molecule has 0 saturated heterocycles. The normalized spacial score (nSPS) is 10.8. The number of nitrogens with zero attached hydrogens (tertiary/aromatic N) is 4. The van der Waals surface area contributed by atoms with E-state index >= 15 is 0 Å². The first-order valence-electron chi connectivity index (χ1n) is 4.60. The minimum atomic E-state index is 0.338. The summed E-state index contributed by atoms with van der Waals surface area (Å²) in [6, 6.07) is 3.72. The number of rotatable bonds is 2. The molecule has 0 aliphatic heterocycles. The van der Waals surface area contributed by atoms with Crippen molar-refractivity contribution in [3.63, 3.8) is 0 Å². The van der Waals surface area contributed by atoms with Crippen molar-refractivity contribution in [3.05, 3.63) is 36.5 Å². The standard InChI is InChI=1S/C10H12N4/c1-8(2)10-11-6-4-9(13-10)14-7-3-5-12-14/h3-8H,1-2H3. The average Bonchev–Trinajstić information content (AvgIpc) is 2.71. The van der Waals surface area contributed by atoms with Gasteiger partial charge in [-0.15, -0.1) is 0 Å². The minimum Gasteiger partial charge on any atom is -0.241 e. The molecule has 2 aromatic rings. The molecule has 2 heterocycles. The van der Waals surface area contributed by atoms with Crippen LogP contribution in [0.1, 0.15) is 25.6 Å². The maximum absolute atomic E-state index is 4.40. The molecule has 0 amide bonds. The average molecular weight is 188 g/mol. The molecule has 0 bridgehead atoms. The van der Waals surface area contributed by atoms with Crippen LogP contribution in [0.4, 0.5) is 0 Å². The molecule has 4 heteroatoms. The van der Waals surface area contributed by atoms with E-state index in [-0.39, 0.29) is 0 Å². The van der Waals surface area contributed by atoms with Gasteiger partial charge in [-0.3, -0.25) is 0 Å². The van der Waals surface area contributed by atoms with Crippen LogP contribution in [0.2, 0.25) is 0 Å². The van der Waals surface area contributed by atoms with Crippen LogP contribution in [-0.2, 0) is 0 Å². The second-order valence-corrected chi connectivity index (χ2v) is 3.38. The van der Waals surface area contributed by atoms with E-state index in [0.29, 0.717) is 5.92 Å². The molecule has 0 spiro atoms. The Morgan fingerprint density at radius 3 is 2.79 bits per heavy atom. The first-order chi connectivity index (χ1) is 6.77. The fourth-order valence-electron chi connectivity index (χ4n) is 1.17. The highest BCUT2D eigenvalue weighted by Gasteiger charge is 2.04. The lowest BCUT2D eigenvalue weighted by Crippen LogP contribution is -2.03. The van der Waals surface area contributed by atoms with E-state index in [2.05, 4.69) is 28.9 Å². The molecule has 14 heavy (non-hydrogen) atoms. The first-order valence-corrected chi connectivity index (χ1v) is 4.60. The monoisotopic (exact) mass is 188 g/mol. The van der Waals surface area contributed by atoms with E-state index < -0.39 is 0 Å². The molecule has 0 aliphatic rings. The Hall–Kier alpha value is -1.71. The molecule has 0 N–H and O–H groups in total. The molecule has 0 atom stereocenters. The highest BCUT2D eigenvalue weighted by Crippen LogP contribution is 2.09. The van der Waals surface area contributed by atoms with Crippen molar-refractivity contribution in [1.29, 1.82) is 0 Å². The van der Waals surface area contributed by atoms with Crippen LogP contribution in [0, 0.1) is 0 Å². The third kappa shape index (κ3) is 1.64. The Balaban J connectivity index is 2.41. The number of hydrogen-bond donors (Lipinski definition) is 0. The molecule has 0 fully saturated rings. The van der Waals surface area contributed by atoms with Crippen LogP contribution < -0.4 is 0 Å². The predicted molar refractivity (Wildman–Crippen MR) is 53.2 cm³/mol. The molecular formula is C10H12N4. The summed E-state index contributed by atoms with van der Waals surface area (Å²) in [4.78, 5) is 8.60. The summed E-state index contributed by atoms with van der Waals surface area (Å²) in [6.07, 6.45) is 5.36. The summed E-state index contributed by atoms with van der Waals surface area (Å²) < 4.78 is 1.73. The third-order valence-electron chi connectivity index (χ3n) is 1.92. The van der Waals surface area contributed by atoms with Gasteiger partial charge in [-0.25, -0.2) is 14.6 Å². The highest BCUT2D eigenvalue weighted by molar-refractivity contribution is 5.19. The largest absolute Gasteiger partial charge is 0.241 e. The van der Waals surface area contributed by atoms with Crippen molar-refractivity contribution in [3.8, 4) is 5.82 Å². The second-order valence-electron chi connectivity index (χ2n) is 3.38. The van der Waals surface area contributed by atoms with Gasteiger partial charge >= 0.3 is 0 Å². The summed E-state index contributed by atoms with van der Waals surface area (Å²) in [6.45, 7) is 4.14. The van der Waals surface area contributed by atoms with E-state index in [1.807, 2.05) is 18.3 Å². The van der Waals surface area contributed by atoms with E-state index in [1.54, 1.807) is 17.1 Å². The fraction of sp³-hybridized carbons (Fsp3) is 0.300. The van der Waals surface area contributed by atoms with Gasteiger partial charge in [-0.05, 0) is 6.07 Å². The SMILES string of the molecule is CC(C)c1nccc(-n2cccn2)n1. The van der Waals surface area contributed by atoms with Gasteiger partial charge in [0.05, 0.1) is 0 Å². The molecule has 2 aromatic heterocycles. The van der Waals surface area contributed by atoms with Gasteiger partial charge in [0.25, 0.3) is 0 Å². The number of aromatic nitrogens is 4. The summed E-state index contributed by atoms with van der Waals surface area (Å²) in [5.74, 6) is 2.00. The van der Waals surface area contributed by atoms with E-state index in [4.69, 9.17) is 0 Å². The summed E-state index contributed by atoms with van der Waals surface area (Å²) in [5, 5.41) is 4.11. The van der Waals surface area contributed by atoms with Crippen molar-refractivity contribution in [2.45, 2.75) is 19.8 Å². The van der Waals surface area contributed by atoms with Gasteiger partial charge in [0.15, 0.2) is 5.82 Å². The molecule has 0 saturated carbocycles. The summed E-state index contributed by atoms with van der Waals surface area (Å²) in [5.41, 5.74) is 0. The lowest BCUT2D eigenvalue weighted by Gasteiger charge is -2.05. The molecular weight excluding hydrogens is 176 g/mol. The van der Waals surface area contributed by atoms with E-state index in [0.717, 1.165) is 11.6 Å². The second kappa shape index (κ2) is 3.57. The quantitative estimate of drug-likeness (QED) is 0.721. The Labute approximate surface area is 82.6 Å². The highest BCUT2D eigenvalue weighted by atomic mass is 15.3. The molecule has 0 unspecified atom stereocenters. The molecule has 2 rings (SSSR count). The lowest BCUT2D eigenvalue weighted by molar-refractivity contribution is 0.745. The summed E-state index contributed by atoms with van der Waals surface area (Å²) in [7, 11) is 0. The van der Waals surface area contributed by atoms with Crippen molar-refractivity contribution >= 4 is 0 Å². The maximum Gasteiger partial charge on any atom is 0.156 e. The predicted octanol–water partition coefficient (Wildman–Crippen LogP) is 1.79. The topological polar surface area (TPSA) is 43.6 Å². The fourth-order valence-corrected chi connectivity index (χ4v) is 1.17. The zero-order valence-electron chi connectivity index (χ0n) is 8.25. The molecule has 72 valence electrons. The molecule has 0 radical (unpaired) electrons. The Morgan fingerprint density at radius 1 is 1.29 bits per heavy atom. The van der Waals surface area contributed by atoms with Gasteiger partial charge in [0, 0.05) is 30.6 Å². The maximum atomic E-state index is 4.40. The van der Waals surface area contributed by atoms with Crippen LogP contribution in [0.3, 0.4) is 0 Å². The van der Waals surface area contributed by atoms with Crippen LogP contribution in [0.25, 0.3) is 5.82 Å². The molecule has 0 aromatic carbocycles. The first kappa shape index (κ1) is 8.87. The smallest absolute Gasteiger partial charge is 0.156 e. The summed E-state index contributed by atoms with van der Waals surface area (Å²) >= 11 is 0. The Kier molecular flexibility index (Phi) is 2.26. The zero-order chi connectivity index (χ0) is 9.97. The zero-order valence-corrected chi connectivity index (χ0v) is 8.25. The van der Waals surface area contributed by atoms with Crippen molar-refractivity contribution in [2.24, 2.45) is 0 Å². The van der Waals surface area contributed by atoms with Crippen LogP contribution in [-0.4, -0.2) is 19.7 Å². The van der Waals surface area contributed by atoms with Gasteiger partial charge in [-0.1, -0.05) is 13.8 Å². The third-order valence-corrected chi connectivity index (χ3v) is 1.92. The minimum absolute atomic E-state index is 0.338. The molecule has 4 nitrogen and oxygen atoms in total. The van der Waals surface area contributed by atoms with Gasteiger partial charge < -0.3 is 0 Å². The van der Waals surface area contributed by atoms with Gasteiger partial charge in [0.2, 0.25) is 0 Å². The molecule has 0 aliphatic carbocycles. The lowest BCUT2D eigenvalue weighted by atomic mass is 10.2. The van der Waals surface area contributed by atoms with Crippen molar-refractivity contribution in [2.75, 3.05) is 0 Å². The van der Waals surface area contributed by atoms with Crippen LogP contribution >= 0.6 is 0 Å². The Bertz CT molecular complexity index is 406.